The number of aryl methyl sites for hydroxylation is 1. The van der Waals surface area contributed by atoms with E-state index in [9.17, 15) is 0 Å². The quantitative estimate of drug-likeness (QED) is 0.447. The first kappa shape index (κ1) is 16.6. The molecule has 0 unspecified atom stereocenters. The van der Waals surface area contributed by atoms with Gasteiger partial charge in [0.1, 0.15) is 0 Å². The topological polar surface area (TPSA) is 40.2 Å². The van der Waals surface area contributed by atoms with Crippen LogP contribution >= 0.6 is 0 Å². The summed E-state index contributed by atoms with van der Waals surface area (Å²) in [5, 5.41) is 3.31. The first-order valence-electron chi connectivity index (χ1n) is 7.54. The van der Waals surface area contributed by atoms with Crippen LogP contribution in [0.3, 0.4) is 0 Å². The Kier molecular flexibility index (Phi) is 5.36. The van der Waals surface area contributed by atoms with E-state index in [1.807, 2.05) is 31.3 Å². The van der Waals surface area contributed by atoms with Gasteiger partial charge in [-0.25, -0.2) is 0 Å². The number of H-pyrrole nitrogens is 1. The van der Waals surface area contributed by atoms with Crippen LogP contribution in [-0.4, -0.2) is 17.9 Å². The van der Waals surface area contributed by atoms with Gasteiger partial charge in [-0.15, -0.1) is 0 Å². The fourth-order valence-electron chi connectivity index (χ4n) is 2.30. The van der Waals surface area contributed by atoms with Gasteiger partial charge in [0.2, 0.25) is 0 Å². The van der Waals surface area contributed by atoms with Crippen LogP contribution < -0.4 is 5.32 Å². The monoisotopic (exact) mass is 305 g/mol. The third-order valence-electron chi connectivity index (χ3n) is 3.77. The van der Waals surface area contributed by atoms with Crippen molar-refractivity contribution < 1.29 is 0 Å². The van der Waals surface area contributed by atoms with E-state index in [1.54, 1.807) is 7.05 Å². The zero-order valence-electron chi connectivity index (χ0n) is 14.0. The SMILES string of the molecule is C=C/C(=C\c1[nH]ccc1C)c1ccc(C=C)c(NC(C)=NC)c1. The van der Waals surface area contributed by atoms with Gasteiger partial charge in [-0.3, -0.25) is 4.99 Å². The smallest absolute Gasteiger partial charge is 0.0972 e. The van der Waals surface area contributed by atoms with Crippen LogP contribution in [0.25, 0.3) is 17.7 Å². The van der Waals surface area contributed by atoms with Gasteiger partial charge in [0.15, 0.2) is 0 Å². The predicted octanol–water partition coefficient (Wildman–Crippen LogP) is 5.15. The van der Waals surface area contributed by atoms with E-state index < -0.39 is 0 Å². The summed E-state index contributed by atoms with van der Waals surface area (Å²) < 4.78 is 0. The average molecular weight is 305 g/mol. The number of nitrogens with zero attached hydrogens (tertiary/aromatic N) is 1. The zero-order valence-corrected chi connectivity index (χ0v) is 14.0. The summed E-state index contributed by atoms with van der Waals surface area (Å²) in [6.07, 6.45) is 7.75. The summed E-state index contributed by atoms with van der Waals surface area (Å²) in [4.78, 5) is 7.40. The molecule has 0 radical (unpaired) electrons. The number of aromatic nitrogens is 1. The molecule has 0 saturated heterocycles. The number of benzene rings is 1. The number of allylic oxidation sites excluding steroid dienone is 2. The van der Waals surface area contributed by atoms with Crippen molar-refractivity contribution >= 4 is 29.2 Å². The first-order chi connectivity index (χ1) is 11.1. The number of anilines is 1. The van der Waals surface area contributed by atoms with Gasteiger partial charge in [0.25, 0.3) is 0 Å². The Morgan fingerprint density at radius 2 is 2.04 bits per heavy atom. The lowest BCUT2D eigenvalue weighted by molar-refractivity contribution is 1.34. The Morgan fingerprint density at radius 1 is 1.26 bits per heavy atom. The van der Waals surface area contributed by atoms with Crippen LogP contribution in [0.15, 0.2) is 54.7 Å². The highest BCUT2D eigenvalue weighted by Crippen LogP contribution is 2.26. The standard InChI is InChI=1S/C20H23N3/c1-6-16-8-9-18(13-20(16)23-15(4)21-5)17(7-2)12-19-14(3)10-11-22-19/h6-13,22H,1-2H2,3-5H3,(H,21,23)/b17-12+. The molecular weight excluding hydrogens is 282 g/mol. The second-order valence-corrected chi connectivity index (χ2v) is 5.32. The van der Waals surface area contributed by atoms with Crippen molar-refractivity contribution in [2.75, 3.05) is 12.4 Å². The summed E-state index contributed by atoms with van der Waals surface area (Å²) in [5.74, 6) is 0.856. The summed E-state index contributed by atoms with van der Waals surface area (Å²) in [7, 11) is 1.77. The van der Waals surface area contributed by atoms with Crippen LogP contribution in [0.2, 0.25) is 0 Å². The van der Waals surface area contributed by atoms with Crippen molar-refractivity contribution in [3.8, 4) is 0 Å². The number of hydrogen-bond acceptors (Lipinski definition) is 1. The zero-order chi connectivity index (χ0) is 16.8. The lowest BCUT2D eigenvalue weighted by atomic mass is 10.0. The minimum atomic E-state index is 0.856. The number of amidine groups is 1. The van der Waals surface area contributed by atoms with E-state index in [4.69, 9.17) is 0 Å². The van der Waals surface area contributed by atoms with E-state index in [1.165, 1.54) is 5.56 Å². The van der Waals surface area contributed by atoms with E-state index in [0.717, 1.165) is 33.9 Å². The molecule has 0 atom stereocenters. The van der Waals surface area contributed by atoms with Gasteiger partial charge in [-0.2, -0.15) is 0 Å². The van der Waals surface area contributed by atoms with Crippen LogP contribution in [0.4, 0.5) is 5.69 Å². The minimum Gasteiger partial charge on any atom is -0.361 e. The van der Waals surface area contributed by atoms with Gasteiger partial charge >= 0.3 is 0 Å². The molecule has 23 heavy (non-hydrogen) atoms. The molecule has 0 aliphatic carbocycles. The number of hydrogen-bond donors (Lipinski definition) is 2. The predicted molar refractivity (Wildman–Crippen MR) is 103 cm³/mol. The molecule has 2 N–H and O–H groups in total. The van der Waals surface area contributed by atoms with Crippen LogP contribution in [0, 0.1) is 6.92 Å². The summed E-state index contributed by atoms with van der Waals surface area (Å²) in [6.45, 7) is 11.8. The molecule has 0 fully saturated rings. The van der Waals surface area contributed by atoms with Gasteiger partial charge in [-0.05, 0) is 54.3 Å². The van der Waals surface area contributed by atoms with Crippen molar-refractivity contribution in [2.24, 2.45) is 4.99 Å². The Bertz CT molecular complexity index is 776. The van der Waals surface area contributed by atoms with Crippen LogP contribution in [0.1, 0.15) is 29.3 Å². The van der Waals surface area contributed by atoms with Crippen molar-refractivity contribution in [3.05, 3.63) is 72.1 Å². The Morgan fingerprint density at radius 3 is 2.61 bits per heavy atom. The number of nitrogens with one attached hydrogen (secondary N) is 2. The second kappa shape index (κ2) is 7.45. The molecule has 0 aliphatic heterocycles. The third-order valence-corrected chi connectivity index (χ3v) is 3.77. The second-order valence-electron chi connectivity index (χ2n) is 5.32. The average Bonchev–Trinajstić information content (AvgIpc) is 2.97. The first-order valence-corrected chi connectivity index (χ1v) is 7.54. The van der Waals surface area contributed by atoms with Gasteiger partial charge < -0.3 is 10.3 Å². The van der Waals surface area contributed by atoms with E-state index >= 15 is 0 Å². The normalized spacial score (nSPS) is 12.1. The molecule has 1 aromatic carbocycles. The molecule has 118 valence electrons. The molecular formula is C20H23N3. The number of aliphatic imine (C=N–C) groups is 1. The van der Waals surface area contributed by atoms with Gasteiger partial charge in [0, 0.05) is 24.6 Å². The molecule has 2 rings (SSSR count). The Labute approximate surface area is 138 Å². The lowest BCUT2D eigenvalue weighted by Crippen LogP contribution is -2.08. The molecule has 3 heteroatoms. The maximum Gasteiger partial charge on any atom is 0.0972 e. The Hall–Kier alpha value is -2.81. The summed E-state index contributed by atoms with van der Waals surface area (Å²) >= 11 is 0. The largest absolute Gasteiger partial charge is 0.361 e. The number of rotatable bonds is 5. The molecule has 0 bridgehead atoms. The van der Waals surface area contributed by atoms with E-state index in [0.29, 0.717) is 0 Å². The molecule has 0 aliphatic rings. The van der Waals surface area contributed by atoms with Crippen molar-refractivity contribution in [1.29, 1.82) is 0 Å². The molecule has 2 aromatic rings. The van der Waals surface area contributed by atoms with E-state index in [2.05, 4.69) is 59.6 Å². The van der Waals surface area contributed by atoms with Crippen molar-refractivity contribution in [1.82, 2.24) is 4.98 Å². The van der Waals surface area contributed by atoms with Crippen LogP contribution in [-0.2, 0) is 0 Å². The van der Waals surface area contributed by atoms with Crippen LogP contribution in [0.5, 0.6) is 0 Å². The molecule has 3 nitrogen and oxygen atoms in total. The Balaban J connectivity index is 2.47. The minimum absolute atomic E-state index is 0.856. The maximum absolute atomic E-state index is 4.16. The van der Waals surface area contributed by atoms with Gasteiger partial charge in [-0.1, -0.05) is 37.4 Å². The molecule has 0 saturated carbocycles. The fourth-order valence-corrected chi connectivity index (χ4v) is 2.30. The highest BCUT2D eigenvalue weighted by atomic mass is 15.0. The fraction of sp³-hybridized carbons (Fsp3) is 0.150. The lowest BCUT2D eigenvalue weighted by Gasteiger charge is -2.12. The molecule has 1 heterocycles. The molecule has 0 spiro atoms. The van der Waals surface area contributed by atoms with E-state index in [-0.39, 0.29) is 0 Å². The van der Waals surface area contributed by atoms with Gasteiger partial charge in [0.05, 0.1) is 5.84 Å². The maximum atomic E-state index is 4.16. The molecule has 0 amide bonds. The summed E-state index contributed by atoms with van der Waals surface area (Å²) in [5.41, 5.74) is 6.46. The van der Waals surface area contributed by atoms with Crippen molar-refractivity contribution in [2.45, 2.75) is 13.8 Å². The number of aromatic amines is 1. The van der Waals surface area contributed by atoms with Crippen molar-refractivity contribution in [3.63, 3.8) is 0 Å². The summed E-state index contributed by atoms with van der Waals surface area (Å²) in [6, 6.07) is 8.28. The highest BCUT2D eigenvalue weighted by molar-refractivity contribution is 5.97. The molecule has 1 aromatic heterocycles. The highest BCUT2D eigenvalue weighted by Gasteiger charge is 2.06. The third kappa shape index (κ3) is 3.89.